The van der Waals surface area contributed by atoms with Crippen LogP contribution in [0.15, 0.2) is 93.9 Å². The molecule has 40 heavy (non-hydrogen) atoms. The number of allylic oxidation sites excluding steroid dienone is 1. The molecule has 0 aliphatic carbocycles. The van der Waals surface area contributed by atoms with Crippen LogP contribution in [-0.4, -0.2) is 22.6 Å². The first-order chi connectivity index (χ1) is 19.2. The number of rotatable bonds is 7. The molecule has 1 atom stereocenters. The molecule has 0 amide bonds. The summed E-state index contributed by atoms with van der Waals surface area (Å²) in [7, 11) is 1.30. The normalized spacial score (nSPS) is 14.9. The predicted octanol–water partition coefficient (Wildman–Crippen LogP) is 4.55. The van der Waals surface area contributed by atoms with Crippen LogP contribution in [0.3, 0.4) is 0 Å². The Hall–Kier alpha value is -4.54. The number of ether oxygens (including phenoxy) is 2. The van der Waals surface area contributed by atoms with E-state index < -0.39 is 16.9 Å². The van der Waals surface area contributed by atoms with Gasteiger partial charge in [0.1, 0.15) is 12.4 Å². The van der Waals surface area contributed by atoms with Gasteiger partial charge in [-0.2, -0.15) is 0 Å². The number of nitro groups is 1. The van der Waals surface area contributed by atoms with E-state index >= 15 is 0 Å². The average Bonchev–Trinajstić information content (AvgIpc) is 3.26. The average molecular weight is 576 g/mol. The molecule has 1 aromatic heterocycles. The molecule has 3 aromatic carbocycles. The van der Waals surface area contributed by atoms with Gasteiger partial charge < -0.3 is 9.47 Å². The highest BCUT2D eigenvalue weighted by molar-refractivity contribution is 7.07. The van der Waals surface area contributed by atoms with Crippen molar-refractivity contribution in [1.82, 2.24) is 4.57 Å². The number of nitro benzene ring substituents is 1. The maximum Gasteiger partial charge on any atom is 0.338 e. The lowest BCUT2D eigenvalue weighted by atomic mass is 9.96. The molecule has 0 radical (unpaired) electrons. The summed E-state index contributed by atoms with van der Waals surface area (Å²) in [5, 5.41) is 11.4. The van der Waals surface area contributed by atoms with Crippen LogP contribution in [-0.2, 0) is 16.1 Å². The van der Waals surface area contributed by atoms with E-state index in [0.717, 1.165) is 11.1 Å². The van der Waals surface area contributed by atoms with Crippen LogP contribution in [0.4, 0.5) is 5.69 Å². The number of methoxy groups -OCH3 is 1. The van der Waals surface area contributed by atoms with Gasteiger partial charge in [0.05, 0.1) is 33.9 Å². The fourth-order valence-corrected chi connectivity index (χ4v) is 5.52. The third-order valence-electron chi connectivity index (χ3n) is 6.34. The molecule has 0 bridgehead atoms. The van der Waals surface area contributed by atoms with Gasteiger partial charge in [-0.15, -0.1) is 0 Å². The van der Waals surface area contributed by atoms with Gasteiger partial charge in [0.15, 0.2) is 4.80 Å². The van der Waals surface area contributed by atoms with Gasteiger partial charge in [-0.25, -0.2) is 9.79 Å². The molecule has 1 aliphatic rings. The van der Waals surface area contributed by atoms with Crippen molar-refractivity contribution in [3.05, 3.63) is 136 Å². The molecule has 0 spiro atoms. The zero-order valence-corrected chi connectivity index (χ0v) is 22.9. The highest BCUT2D eigenvalue weighted by Gasteiger charge is 2.33. The number of halogens is 1. The number of hydrogen-bond acceptors (Lipinski definition) is 8. The number of esters is 1. The van der Waals surface area contributed by atoms with Crippen LogP contribution in [0.25, 0.3) is 6.08 Å². The number of non-ortho nitro benzene ring substituents is 1. The Labute approximate surface area is 237 Å². The molecule has 2 heterocycles. The number of carbonyl (C=O) groups excluding carboxylic acids is 1. The minimum absolute atomic E-state index is 0.0227. The SMILES string of the molecule is COC(=O)C1=C(C)N=c2s/c(=C\c3ccc(OCc4ccc([N+](=O)[O-])cc4)cc3)c(=O)n2[C@@H]1c1ccc(Cl)cc1. The minimum Gasteiger partial charge on any atom is -0.489 e. The van der Waals surface area contributed by atoms with Crippen molar-refractivity contribution in [2.75, 3.05) is 7.11 Å². The first-order valence-electron chi connectivity index (χ1n) is 12.1. The molecular formula is C29H22ClN3O6S. The summed E-state index contributed by atoms with van der Waals surface area (Å²) < 4.78 is 12.8. The van der Waals surface area contributed by atoms with Gasteiger partial charge in [0.2, 0.25) is 0 Å². The second kappa shape index (κ2) is 11.3. The second-order valence-electron chi connectivity index (χ2n) is 8.91. The fraction of sp³-hybridized carbons (Fsp3) is 0.138. The number of hydrogen-bond donors (Lipinski definition) is 0. The lowest BCUT2D eigenvalue weighted by molar-refractivity contribution is -0.384. The Bertz CT molecular complexity index is 1810. The summed E-state index contributed by atoms with van der Waals surface area (Å²) >= 11 is 7.32. The summed E-state index contributed by atoms with van der Waals surface area (Å²) in [6.45, 7) is 1.98. The zero-order chi connectivity index (χ0) is 28.4. The molecule has 5 rings (SSSR count). The molecule has 4 aromatic rings. The van der Waals surface area contributed by atoms with Crippen molar-refractivity contribution < 1.29 is 19.2 Å². The second-order valence-corrected chi connectivity index (χ2v) is 10.4. The lowest BCUT2D eigenvalue weighted by Crippen LogP contribution is -2.39. The molecule has 9 nitrogen and oxygen atoms in total. The van der Waals surface area contributed by atoms with E-state index in [2.05, 4.69) is 4.99 Å². The number of nitrogens with zero attached hydrogens (tertiary/aromatic N) is 3. The Morgan fingerprint density at radius 1 is 1.10 bits per heavy atom. The fourth-order valence-electron chi connectivity index (χ4n) is 4.35. The van der Waals surface area contributed by atoms with Crippen molar-refractivity contribution in [3.63, 3.8) is 0 Å². The third kappa shape index (κ3) is 5.45. The van der Waals surface area contributed by atoms with Gasteiger partial charge in [-0.3, -0.25) is 19.5 Å². The van der Waals surface area contributed by atoms with Crippen molar-refractivity contribution in [3.8, 4) is 5.75 Å². The Kier molecular flexibility index (Phi) is 7.63. The Morgan fingerprint density at radius 3 is 2.40 bits per heavy atom. The van der Waals surface area contributed by atoms with Gasteiger partial charge in [-0.1, -0.05) is 47.2 Å². The number of carbonyl (C=O) groups is 1. The van der Waals surface area contributed by atoms with Crippen LogP contribution in [0.2, 0.25) is 5.02 Å². The predicted molar refractivity (Wildman–Crippen MR) is 151 cm³/mol. The maximum atomic E-state index is 13.6. The molecule has 0 fully saturated rings. The van der Waals surface area contributed by atoms with Crippen LogP contribution in [0.5, 0.6) is 5.75 Å². The van der Waals surface area contributed by atoms with Crippen LogP contribution >= 0.6 is 22.9 Å². The quantitative estimate of drug-likeness (QED) is 0.181. The van der Waals surface area contributed by atoms with Crippen LogP contribution < -0.4 is 19.6 Å². The number of fused-ring (bicyclic) bond motifs is 1. The molecule has 1 aliphatic heterocycles. The topological polar surface area (TPSA) is 113 Å². The molecular weight excluding hydrogens is 554 g/mol. The monoisotopic (exact) mass is 575 g/mol. The van der Waals surface area contributed by atoms with Gasteiger partial charge in [0.25, 0.3) is 11.2 Å². The number of aromatic nitrogens is 1. The molecule has 0 saturated heterocycles. The summed E-state index contributed by atoms with van der Waals surface area (Å²) in [4.78, 5) is 41.8. The first kappa shape index (κ1) is 27.0. The van der Waals surface area contributed by atoms with E-state index in [9.17, 15) is 19.7 Å². The van der Waals surface area contributed by atoms with Crippen molar-refractivity contribution in [2.24, 2.45) is 4.99 Å². The number of benzene rings is 3. The minimum atomic E-state index is -0.710. The van der Waals surface area contributed by atoms with Gasteiger partial charge in [-0.05, 0) is 66.1 Å². The van der Waals surface area contributed by atoms with Gasteiger partial charge >= 0.3 is 5.97 Å². The highest BCUT2D eigenvalue weighted by atomic mass is 35.5. The lowest BCUT2D eigenvalue weighted by Gasteiger charge is -2.24. The molecule has 11 heteroatoms. The third-order valence-corrected chi connectivity index (χ3v) is 7.58. The Balaban J connectivity index is 1.44. The molecule has 0 unspecified atom stereocenters. The van der Waals surface area contributed by atoms with Crippen LogP contribution in [0, 0.1) is 10.1 Å². The van der Waals surface area contributed by atoms with E-state index in [0.29, 0.717) is 36.9 Å². The van der Waals surface area contributed by atoms with E-state index in [1.54, 1.807) is 61.5 Å². The molecule has 202 valence electrons. The van der Waals surface area contributed by atoms with Gasteiger partial charge in [0, 0.05) is 17.2 Å². The van der Waals surface area contributed by atoms with Crippen LogP contribution in [0.1, 0.15) is 29.7 Å². The zero-order valence-electron chi connectivity index (χ0n) is 21.4. The largest absolute Gasteiger partial charge is 0.489 e. The summed E-state index contributed by atoms with van der Waals surface area (Å²) in [6.07, 6.45) is 1.76. The molecule has 0 N–H and O–H groups in total. The Morgan fingerprint density at radius 2 is 1.77 bits per heavy atom. The van der Waals surface area contributed by atoms with E-state index in [4.69, 9.17) is 21.1 Å². The summed E-state index contributed by atoms with van der Waals surface area (Å²) in [6, 6.07) is 19.7. The van der Waals surface area contributed by atoms with E-state index in [1.807, 2.05) is 12.1 Å². The molecule has 0 saturated carbocycles. The van der Waals surface area contributed by atoms with Crippen molar-refractivity contribution in [1.29, 1.82) is 0 Å². The standard InChI is InChI=1S/C29H22ClN3O6S/c1-17-25(28(35)38-2)26(20-7-9-21(30)10-8-20)32-27(34)24(40-29(32)31-17)15-18-5-13-23(14-6-18)39-16-19-3-11-22(12-4-19)33(36)37/h3-15,26H,16H2,1-2H3/b24-15-/t26-/m1/s1. The van der Waals surface area contributed by atoms with E-state index in [1.165, 1.54) is 35.1 Å². The summed E-state index contributed by atoms with van der Waals surface area (Å²) in [5.41, 5.74) is 2.80. The van der Waals surface area contributed by atoms with Crippen molar-refractivity contribution in [2.45, 2.75) is 19.6 Å². The highest BCUT2D eigenvalue weighted by Crippen LogP contribution is 2.31. The number of thiazole rings is 1. The van der Waals surface area contributed by atoms with E-state index in [-0.39, 0.29) is 17.9 Å². The maximum absolute atomic E-state index is 13.6. The first-order valence-corrected chi connectivity index (χ1v) is 13.3. The van der Waals surface area contributed by atoms with Crippen molar-refractivity contribution >= 4 is 40.7 Å². The smallest absolute Gasteiger partial charge is 0.338 e. The summed E-state index contributed by atoms with van der Waals surface area (Å²) in [5.74, 6) is 0.0536.